The van der Waals surface area contributed by atoms with Crippen molar-refractivity contribution in [3.05, 3.63) is 77.3 Å². The fourth-order valence-corrected chi connectivity index (χ4v) is 3.88. The molecule has 1 N–H and O–H groups in total. The van der Waals surface area contributed by atoms with E-state index in [-0.39, 0.29) is 0 Å². The van der Waals surface area contributed by atoms with Crippen molar-refractivity contribution in [1.82, 2.24) is 24.4 Å². The van der Waals surface area contributed by atoms with Crippen LogP contribution in [0.1, 0.15) is 12.5 Å². The van der Waals surface area contributed by atoms with Gasteiger partial charge in [0.05, 0.1) is 6.21 Å². The monoisotopic (exact) mass is 398 g/mol. The second kappa shape index (κ2) is 7.10. The third-order valence-corrected chi connectivity index (χ3v) is 5.27. The Balaban J connectivity index is 1.60. The minimum atomic E-state index is 0.434. The highest BCUT2D eigenvalue weighted by Gasteiger charge is 2.10. The molecule has 0 aliphatic heterocycles. The predicted molar refractivity (Wildman–Crippen MR) is 119 cm³/mol. The number of nitrogens with zero attached hydrogens (tertiary/aromatic N) is 5. The molecule has 0 fully saturated rings. The van der Waals surface area contributed by atoms with Gasteiger partial charge in [-0.15, -0.1) is 0 Å². The first-order valence-corrected chi connectivity index (χ1v) is 9.80. The van der Waals surface area contributed by atoms with Gasteiger partial charge >= 0.3 is 0 Å². The Morgan fingerprint density at radius 2 is 1.93 bits per heavy atom. The third-order valence-electron chi connectivity index (χ3n) is 5.01. The Hall–Kier alpha value is -3.58. The molecule has 5 aromatic rings. The number of para-hydroxylation sites is 1. The maximum absolute atomic E-state index is 5.35. The zero-order chi connectivity index (χ0) is 19.8. The summed E-state index contributed by atoms with van der Waals surface area (Å²) in [5.41, 5.74) is 4.31. The van der Waals surface area contributed by atoms with E-state index >= 15 is 0 Å². The standard InChI is InChI=1S/C22H18N6S/c1-2-27-19-8-4-3-7-17(19)18-12-15(9-10-20(18)27)13-24-28-21(25-26-22(28)29)16-6-5-11-23-14-16/h3-14H,2H2,1H3,(H,26,29). The topological polar surface area (TPSA) is 63.8 Å². The summed E-state index contributed by atoms with van der Waals surface area (Å²) >= 11 is 5.35. The Bertz CT molecular complexity index is 1410. The van der Waals surface area contributed by atoms with Crippen molar-refractivity contribution in [3.63, 3.8) is 0 Å². The second-order valence-electron chi connectivity index (χ2n) is 6.69. The van der Waals surface area contributed by atoms with Gasteiger partial charge in [0.25, 0.3) is 0 Å². The predicted octanol–water partition coefficient (Wildman–Crippen LogP) is 5.01. The molecule has 7 heteroatoms. The van der Waals surface area contributed by atoms with Gasteiger partial charge in [0.2, 0.25) is 4.77 Å². The zero-order valence-electron chi connectivity index (χ0n) is 15.8. The molecule has 0 aliphatic carbocycles. The van der Waals surface area contributed by atoms with E-state index in [0.29, 0.717) is 10.6 Å². The SMILES string of the molecule is CCn1c2ccccc2c2cc(C=Nn3c(-c4cccnc4)n[nH]c3=S)ccc21. The number of aromatic amines is 1. The molecule has 0 amide bonds. The molecule has 0 saturated carbocycles. The third kappa shape index (κ3) is 2.96. The van der Waals surface area contributed by atoms with E-state index in [9.17, 15) is 0 Å². The molecule has 5 rings (SSSR count). The molecule has 0 spiro atoms. The average molecular weight is 398 g/mol. The lowest BCUT2D eigenvalue weighted by molar-refractivity contribution is 0.827. The van der Waals surface area contributed by atoms with Gasteiger partial charge in [0.15, 0.2) is 5.82 Å². The number of aryl methyl sites for hydroxylation is 1. The van der Waals surface area contributed by atoms with Crippen LogP contribution in [0.4, 0.5) is 0 Å². The van der Waals surface area contributed by atoms with Crippen LogP contribution < -0.4 is 0 Å². The lowest BCUT2D eigenvalue weighted by atomic mass is 10.1. The molecular formula is C22H18N6S. The van der Waals surface area contributed by atoms with Crippen molar-refractivity contribution in [2.45, 2.75) is 13.5 Å². The van der Waals surface area contributed by atoms with Crippen molar-refractivity contribution in [1.29, 1.82) is 0 Å². The summed E-state index contributed by atoms with van der Waals surface area (Å²) in [6.07, 6.45) is 5.27. The lowest BCUT2D eigenvalue weighted by Gasteiger charge is -2.03. The highest BCUT2D eigenvalue weighted by molar-refractivity contribution is 7.71. The van der Waals surface area contributed by atoms with Crippen LogP contribution in [0, 0.1) is 4.77 Å². The number of nitrogens with one attached hydrogen (secondary N) is 1. The van der Waals surface area contributed by atoms with E-state index in [2.05, 4.69) is 74.2 Å². The molecule has 0 atom stereocenters. The van der Waals surface area contributed by atoms with E-state index in [4.69, 9.17) is 12.2 Å². The lowest BCUT2D eigenvalue weighted by Crippen LogP contribution is -1.96. The van der Waals surface area contributed by atoms with Crippen LogP contribution >= 0.6 is 12.2 Å². The van der Waals surface area contributed by atoms with E-state index in [1.54, 1.807) is 17.1 Å². The van der Waals surface area contributed by atoms with Gasteiger partial charge in [-0.3, -0.25) is 4.98 Å². The minimum Gasteiger partial charge on any atom is -0.341 e. The number of hydrogen-bond donors (Lipinski definition) is 1. The van der Waals surface area contributed by atoms with Crippen LogP contribution in [-0.4, -0.2) is 30.6 Å². The maximum atomic E-state index is 5.35. The fourth-order valence-electron chi connectivity index (χ4n) is 3.70. The summed E-state index contributed by atoms with van der Waals surface area (Å²) in [5, 5.41) is 14.1. The van der Waals surface area contributed by atoms with Crippen molar-refractivity contribution in [3.8, 4) is 11.4 Å². The molecule has 2 aromatic carbocycles. The number of hydrogen-bond acceptors (Lipinski definition) is 4. The quantitative estimate of drug-likeness (QED) is 0.342. The number of aromatic nitrogens is 5. The Labute approximate surface area is 172 Å². The molecule has 6 nitrogen and oxygen atoms in total. The summed E-state index contributed by atoms with van der Waals surface area (Å²) in [4.78, 5) is 4.15. The molecule has 0 unspecified atom stereocenters. The zero-order valence-corrected chi connectivity index (χ0v) is 16.6. The van der Waals surface area contributed by atoms with Crippen LogP contribution in [0.25, 0.3) is 33.2 Å². The van der Waals surface area contributed by atoms with E-state index in [1.807, 2.05) is 18.3 Å². The van der Waals surface area contributed by atoms with E-state index < -0.39 is 0 Å². The molecule has 0 bridgehead atoms. The van der Waals surface area contributed by atoms with Crippen LogP contribution in [0.2, 0.25) is 0 Å². The summed E-state index contributed by atoms with van der Waals surface area (Å²) in [6.45, 7) is 3.10. The molecule has 0 aliphatic rings. The minimum absolute atomic E-state index is 0.434. The van der Waals surface area contributed by atoms with Crippen LogP contribution in [0.3, 0.4) is 0 Å². The summed E-state index contributed by atoms with van der Waals surface area (Å²) in [5.74, 6) is 0.628. The van der Waals surface area contributed by atoms with E-state index in [1.165, 1.54) is 21.8 Å². The maximum Gasteiger partial charge on any atom is 0.216 e. The normalized spacial score (nSPS) is 11.8. The van der Waals surface area contributed by atoms with Gasteiger partial charge in [0.1, 0.15) is 0 Å². The second-order valence-corrected chi connectivity index (χ2v) is 7.08. The molecule has 0 radical (unpaired) electrons. The van der Waals surface area contributed by atoms with Gasteiger partial charge in [-0.2, -0.15) is 14.9 Å². The first-order valence-electron chi connectivity index (χ1n) is 9.39. The average Bonchev–Trinajstić information content (AvgIpc) is 3.30. The Morgan fingerprint density at radius 3 is 2.76 bits per heavy atom. The summed E-state index contributed by atoms with van der Waals surface area (Å²) in [7, 11) is 0. The molecule has 142 valence electrons. The molecular weight excluding hydrogens is 380 g/mol. The molecule has 3 heterocycles. The smallest absolute Gasteiger partial charge is 0.216 e. The first kappa shape index (κ1) is 17.5. The van der Waals surface area contributed by atoms with Crippen molar-refractivity contribution in [2.75, 3.05) is 0 Å². The van der Waals surface area contributed by atoms with Crippen molar-refractivity contribution < 1.29 is 0 Å². The number of fused-ring (bicyclic) bond motifs is 3. The summed E-state index contributed by atoms with van der Waals surface area (Å²) < 4.78 is 4.38. The van der Waals surface area contributed by atoms with Gasteiger partial charge in [-0.25, -0.2) is 5.10 Å². The van der Waals surface area contributed by atoms with Crippen LogP contribution in [0.5, 0.6) is 0 Å². The Morgan fingerprint density at radius 1 is 1.07 bits per heavy atom. The number of H-pyrrole nitrogens is 1. The highest BCUT2D eigenvalue weighted by atomic mass is 32.1. The van der Waals surface area contributed by atoms with Crippen molar-refractivity contribution >= 4 is 40.2 Å². The number of pyridine rings is 1. The van der Waals surface area contributed by atoms with Gasteiger partial charge in [0, 0.05) is 46.3 Å². The summed E-state index contributed by atoms with van der Waals surface area (Å²) in [6, 6.07) is 18.7. The van der Waals surface area contributed by atoms with E-state index in [0.717, 1.165) is 17.7 Å². The molecule has 3 aromatic heterocycles. The largest absolute Gasteiger partial charge is 0.341 e. The van der Waals surface area contributed by atoms with Gasteiger partial charge in [-0.1, -0.05) is 24.3 Å². The van der Waals surface area contributed by atoms with Crippen molar-refractivity contribution in [2.24, 2.45) is 5.10 Å². The highest BCUT2D eigenvalue weighted by Crippen LogP contribution is 2.29. The number of benzene rings is 2. The van der Waals surface area contributed by atoms with Gasteiger partial charge < -0.3 is 4.57 Å². The first-order chi connectivity index (χ1) is 14.3. The van der Waals surface area contributed by atoms with Crippen LogP contribution in [-0.2, 0) is 6.54 Å². The number of rotatable bonds is 4. The van der Waals surface area contributed by atoms with Crippen LogP contribution in [0.15, 0.2) is 72.1 Å². The molecule has 0 saturated heterocycles. The fraction of sp³-hybridized carbons (Fsp3) is 0.0909. The Kier molecular flexibility index (Phi) is 4.29. The van der Waals surface area contributed by atoms with Gasteiger partial charge in [-0.05, 0) is 55.0 Å². The molecule has 29 heavy (non-hydrogen) atoms.